The highest BCUT2D eigenvalue weighted by atomic mass is 16.5. The molecular formula is C14H22N2O3. The van der Waals surface area contributed by atoms with E-state index in [1.807, 2.05) is 25.1 Å². The maximum absolute atomic E-state index is 9.23. The summed E-state index contributed by atoms with van der Waals surface area (Å²) in [4.78, 5) is 2.21. The molecule has 2 rings (SSSR count). The first-order valence-electron chi connectivity index (χ1n) is 6.67. The van der Waals surface area contributed by atoms with Gasteiger partial charge in [0.15, 0.2) is 0 Å². The van der Waals surface area contributed by atoms with Crippen molar-refractivity contribution in [2.24, 2.45) is 0 Å². The maximum atomic E-state index is 9.23. The molecule has 5 heteroatoms. The molecule has 2 unspecified atom stereocenters. The molecule has 1 aliphatic heterocycles. The van der Waals surface area contributed by atoms with Crippen LogP contribution < -0.4 is 15.4 Å². The fourth-order valence-electron chi connectivity index (χ4n) is 2.27. The van der Waals surface area contributed by atoms with Gasteiger partial charge in [-0.15, -0.1) is 0 Å². The molecule has 106 valence electrons. The summed E-state index contributed by atoms with van der Waals surface area (Å²) >= 11 is 0. The number of rotatable bonds is 4. The molecule has 2 atom stereocenters. The van der Waals surface area contributed by atoms with Gasteiger partial charge in [0.2, 0.25) is 0 Å². The van der Waals surface area contributed by atoms with E-state index in [0.29, 0.717) is 31.2 Å². The van der Waals surface area contributed by atoms with Crippen LogP contribution in [0.25, 0.3) is 0 Å². The van der Waals surface area contributed by atoms with Gasteiger partial charge < -0.3 is 25.2 Å². The van der Waals surface area contributed by atoms with E-state index in [2.05, 4.69) is 11.8 Å². The molecule has 5 nitrogen and oxygen atoms in total. The van der Waals surface area contributed by atoms with E-state index in [0.717, 1.165) is 5.69 Å². The van der Waals surface area contributed by atoms with Crippen molar-refractivity contribution in [1.29, 1.82) is 0 Å². The highest BCUT2D eigenvalue weighted by Crippen LogP contribution is 2.30. The van der Waals surface area contributed by atoms with E-state index in [1.165, 1.54) is 0 Å². The van der Waals surface area contributed by atoms with Gasteiger partial charge in [0.05, 0.1) is 31.6 Å². The molecule has 0 aromatic heterocycles. The molecular weight excluding hydrogens is 244 g/mol. The van der Waals surface area contributed by atoms with Crippen LogP contribution in [0.1, 0.15) is 13.8 Å². The molecule has 1 aromatic rings. The minimum absolute atomic E-state index is 0.0382. The second-order valence-electron chi connectivity index (χ2n) is 4.79. The first-order valence-corrected chi connectivity index (χ1v) is 6.67. The zero-order valence-electron chi connectivity index (χ0n) is 11.5. The Morgan fingerprint density at radius 2 is 2.32 bits per heavy atom. The van der Waals surface area contributed by atoms with Crippen LogP contribution in [0.5, 0.6) is 5.75 Å². The lowest BCUT2D eigenvalue weighted by Gasteiger charge is -2.39. The Morgan fingerprint density at radius 1 is 1.53 bits per heavy atom. The van der Waals surface area contributed by atoms with Crippen LogP contribution in [-0.4, -0.2) is 43.6 Å². The second-order valence-corrected chi connectivity index (χ2v) is 4.79. The molecule has 0 aliphatic carbocycles. The van der Waals surface area contributed by atoms with E-state index >= 15 is 0 Å². The van der Waals surface area contributed by atoms with Gasteiger partial charge in [-0.05, 0) is 26.0 Å². The average molecular weight is 266 g/mol. The minimum atomic E-state index is -0.135. The molecule has 0 amide bonds. The lowest BCUT2D eigenvalue weighted by atomic mass is 10.1. The van der Waals surface area contributed by atoms with Gasteiger partial charge in [-0.1, -0.05) is 0 Å². The Hall–Kier alpha value is -1.46. The molecule has 0 radical (unpaired) electrons. The molecule has 1 aromatic carbocycles. The lowest BCUT2D eigenvalue weighted by molar-refractivity contribution is -0.0103. The van der Waals surface area contributed by atoms with Crippen molar-refractivity contribution >= 4 is 11.4 Å². The lowest BCUT2D eigenvalue weighted by Crippen LogP contribution is -2.49. The van der Waals surface area contributed by atoms with E-state index < -0.39 is 0 Å². The fourth-order valence-corrected chi connectivity index (χ4v) is 2.27. The number of hydrogen-bond acceptors (Lipinski definition) is 5. The SMILES string of the molecule is CCOc1cc(N2CC(CO)OCC2C)ccc1N. The standard InChI is InChI=1S/C14H22N2O3/c1-3-18-14-6-11(4-5-13(14)15)16-7-12(8-17)19-9-10(16)2/h4-6,10,12,17H,3,7-9,15H2,1-2H3. The highest BCUT2D eigenvalue weighted by Gasteiger charge is 2.26. The normalized spacial score (nSPS) is 23.4. The van der Waals surface area contributed by atoms with Crippen LogP contribution in [0.3, 0.4) is 0 Å². The first kappa shape index (κ1) is 14.0. The van der Waals surface area contributed by atoms with Gasteiger partial charge in [-0.25, -0.2) is 0 Å². The molecule has 1 saturated heterocycles. The number of nitrogens with two attached hydrogens (primary N) is 1. The van der Waals surface area contributed by atoms with Crippen LogP contribution in [0.15, 0.2) is 18.2 Å². The van der Waals surface area contributed by atoms with Crippen molar-refractivity contribution < 1.29 is 14.6 Å². The van der Waals surface area contributed by atoms with E-state index in [4.69, 9.17) is 15.2 Å². The molecule has 3 N–H and O–H groups in total. The predicted molar refractivity (Wildman–Crippen MR) is 75.7 cm³/mol. The third kappa shape index (κ3) is 3.11. The number of ether oxygens (including phenoxy) is 2. The zero-order valence-corrected chi connectivity index (χ0v) is 11.5. The number of anilines is 2. The number of aliphatic hydroxyl groups excluding tert-OH is 1. The molecule has 0 saturated carbocycles. The van der Waals surface area contributed by atoms with Gasteiger partial charge in [0, 0.05) is 24.3 Å². The molecule has 1 aliphatic rings. The van der Waals surface area contributed by atoms with Crippen molar-refractivity contribution in [3.63, 3.8) is 0 Å². The number of hydrogen-bond donors (Lipinski definition) is 2. The monoisotopic (exact) mass is 266 g/mol. The number of benzene rings is 1. The van der Waals surface area contributed by atoms with Crippen molar-refractivity contribution in [2.45, 2.75) is 26.0 Å². The predicted octanol–water partition coefficient (Wildman–Crippen LogP) is 1.25. The summed E-state index contributed by atoms with van der Waals surface area (Å²) in [6.45, 7) is 5.95. The van der Waals surface area contributed by atoms with Gasteiger partial charge in [-0.3, -0.25) is 0 Å². The summed E-state index contributed by atoms with van der Waals surface area (Å²) < 4.78 is 11.1. The first-order chi connectivity index (χ1) is 9.15. The summed E-state index contributed by atoms with van der Waals surface area (Å²) in [5.41, 5.74) is 7.58. The summed E-state index contributed by atoms with van der Waals surface area (Å²) in [5.74, 6) is 0.708. The van der Waals surface area contributed by atoms with E-state index in [9.17, 15) is 5.11 Å². The topological polar surface area (TPSA) is 68.0 Å². The Balaban J connectivity index is 2.21. The van der Waals surface area contributed by atoms with Gasteiger partial charge in [0.1, 0.15) is 5.75 Å². The maximum Gasteiger partial charge on any atom is 0.144 e. The smallest absolute Gasteiger partial charge is 0.144 e. The molecule has 1 fully saturated rings. The summed E-state index contributed by atoms with van der Waals surface area (Å²) in [5, 5.41) is 9.23. The number of aliphatic hydroxyl groups is 1. The minimum Gasteiger partial charge on any atom is -0.492 e. The Labute approximate surface area is 113 Å². The number of morpholine rings is 1. The largest absolute Gasteiger partial charge is 0.492 e. The van der Waals surface area contributed by atoms with E-state index in [-0.39, 0.29) is 18.8 Å². The van der Waals surface area contributed by atoms with Crippen molar-refractivity contribution in [3.8, 4) is 5.75 Å². The molecule has 1 heterocycles. The Bertz CT molecular complexity index is 425. The van der Waals surface area contributed by atoms with Crippen LogP contribution >= 0.6 is 0 Å². The summed E-state index contributed by atoms with van der Waals surface area (Å²) in [6.07, 6.45) is -0.135. The van der Waals surface area contributed by atoms with Crippen LogP contribution in [0, 0.1) is 0 Å². The van der Waals surface area contributed by atoms with Gasteiger partial charge in [0.25, 0.3) is 0 Å². The third-order valence-electron chi connectivity index (χ3n) is 3.34. The van der Waals surface area contributed by atoms with Crippen molar-refractivity contribution in [3.05, 3.63) is 18.2 Å². The summed E-state index contributed by atoms with van der Waals surface area (Å²) in [7, 11) is 0. The van der Waals surface area contributed by atoms with Crippen molar-refractivity contribution in [2.75, 3.05) is 37.0 Å². The quantitative estimate of drug-likeness (QED) is 0.803. The Kier molecular flexibility index (Phi) is 4.50. The van der Waals surface area contributed by atoms with Crippen molar-refractivity contribution in [1.82, 2.24) is 0 Å². The zero-order chi connectivity index (χ0) is 13.8. The van der Waals surface area contributed by atoms with Crippen LogP contribution in [0.4, 0.5) is 11.4 Å². The number of nitrogens with zero attached hydrogens (tertiary/aromatic N) is 1. The average Bonchev–Trinajstić information content (AvgIpc) is 2.42. The fraction of sp³-hybridized carbons (Fsp3) is 0.571. The molecule has 19 heavy (non-hydrogen) atoms. The van der Waals surface area contributed by atoms with E-state index in [1.54, 1.807) is 0 Å². The highest BCUT2D eigenvalue weighted by molar-refractivity contribution is 5.62. The van der Waals surface area contributed by atoms with Gasteiger partial charge in [-0.2, -0.15) is 0 Å². The van der Waals surface area contributed by atoms with Gasteiger partial charge >= 0.3 is 0 Å². The Morgan fingerprint density at radius 3 is 3.00 bits per heavy atom. The molecule has 0 spiro atoms. The number of nitrogen functional groups attached to an aromatic ring is 1. The van der Waals surface area contributed by atoms with Crippen LogP contribution in [0.2, 0.25) is 0 Å². The third-order valence-corrected chi connectivity index (χ3v) is 3.34. The molecule has 0 bridgehead atoms. The summed E-state index contributed by atoms with van der Waals surface area (Å²) in [6, 6.07) is 6.06. The van der Waals surface area contributed by atoms with Crippen LogP contribution in [-0.2, 0) is 4.74 Å². The second kappa shape index (κ2) is 6.12.